The first kappa shape index (κ1) is 19.3. The molecule has 27 heavy (non-hydrogen) atoms. The lowest BCUT2D eigenvalue weighted by Gasteiger charge is -2.25. The summed E-state index contributed by atoms with van der Waals surface area (Å²) in [6.45, 7) is 11.7. The zero-order valence-corrected chi connectivity index (χ0v) is 16.9. The number of benzene rings is 1. The first-order valence-electron chi connectivity index (χ1n) is 9.57. The van der Waals surface area contributed by atoms with Gasteiger partial charge in [-0.3, -0.25) is 9.20 Å². The predicted octanol–water partition coefficient (Wildman–Crippen LogP) is 4.48. The van der Waals surface area contributed by atoms with Gasteiger partial charge in [-0.15, -0.1) is 0 Å². The molecule has 0 saturated heterocycles. The van der Waals surface area contributed by atoms with Crippen LogP contribution >= 0.6 is 0 Å². The summed E-state index contributed by atoms with van der Waals surface area (Å²) < 4.78 is 1.56. The third-order valence-electron chi connectivity index (χ3n) is 4.93. The van der Waals surface area contributed by atoms with Crippen LogP contribution in [0.3, 0.4) is 0 Å². The van der Waals surface area contributed by atoms with Gasteiger partial charge in [-0.05, 0) is 34.6 Å². The van der Waals surface area contributed by atoms with Gasteiger partial charge in [0.2, 0.25) is 0 Å². The van der Waals surface area contributed by atoms with E-state index in [-0.39, 0.29) is 17.0 Å². The molecule has 1 N–H and O–H groups in total. The number of rotatable bonds is 5. The van der Waals surface area contributed by atoms with Crippen molar-refractivity contribution in [2.24, 2.45) is 5.92 Å². The van der Waals surface area contributed by atoms with Crippen molar-refractivity contribution in [3.8, 4) is 0 Å². The number of hydrogen-bond donors (Lipinski definition) is 1. The fraction of sp³-hybridized carbons (Fsp3) is 0.391. The van der Waals surface area contributed by atoms with E-state index in [2.05, 4.69) is 69.2 Å². The Kier molecular flexibility index (Phi) is 5.47. The van der Waals surface area contributed by atoms with Crippen molar-refractivity contribution in [1.29, 1.82) is 0 Å². The normalized spacial score (nSPS) is 13.3. The smallest absolute Gasteiger partial charge is 0.258 e. The van der Waals surface area contributed by atoms with Gasteiger partial charge in [-0.2, -0.15) is 0 Å². The Morgan fingerprint density at radius 1 is 1.07 bits per heavy atom. The molecule has 0 unspecified atom stereocenters. The molecule has 0 aliphatic heterocycles. The zero-order valence-electron chi connectivity index (χ0n) is 16.9. The number of aromatic nitrogens is 2. The van der Waals surface area contributed by atoms with Crippen LogP contribution in [-0.4, -0.2) is 9.38 Å². The maximum atomic E-state index is 12.3. The van der Waals surface area contributed by atoms with Crippen LogP contribution in [-0.2, 0) is 12.0 Å². The van der Waals surface area contributed by atoms with E-state index >= 15 is 0 Å². The lowest BCUT2D eigenvalue weighted by atomic mass is 9.85. The minimum absolute atomic E-state index is 0.0481. The minimum Gasteiger partial charge on any atom is -0.304 e. The second-order valence-corrected chi connectivity index (χ2v) is 8.49. The van der Waals surface area contributed by atoms with Gasteiger partial charge in [-0.25, -0.2) is 4.98 Å². The molecule has 0 aliphatic carbocycles. The Morgan fingerprint density at radius 2 is 1.78 bits per heavy atom. The Bertz CT molecular complexity index is 965. The van der Waals surface area contributed by atoms with Crippen molar-refractivity contribution < 1.29 is 0 Å². The Morgan fingerprint density at radius 3 is 2.41 bits per heavy atom. The van der Waals surface area contributed by atoms with Crippen molar-refractivity contribution >= 4 is 5.65 Å². The maximum Gasteiger partial charge on any atom is 0.258 e. The van der Waals surface area contributed by atoms with Crippen LogP contribution in [0.4, 0.5) is 0 Å². The summed E-state index contributed by atoms with van der Waals surface area (Å²) in [4.78, 5) is 16.9. The predicted molar refractivity (Wildman–Crippen MR) is 111 cm³/mol. The summed E-state index contributed by atoms with van der Waals surface area (Å²) in [5.74, 6) is 0.423. The average Bonchev–Trinajstić information content (AvgIpc) is 2.61. The number of nitrogens with zero attached hydrogens (tertiary/aromatic N) is 2. The zero-order chi connectivity index (χ0) is 19.6. The van der Waals surface area contributed by atoms with E-state index in [0.717, 1.165) is 5.69 Å². The first-order valence-corrected chi connectivity index (χ1v) is 9.57. The summed E-state index contributed by atoms with van der Waals surface area (Å²) in [5, 5.41) is 3.59. The van der Waals surface area contributed by atoms with Crippen molar-refractivity contribution in [3.05, 3.63) is 81.9 Å². The SMILES string of the molecule is CC(C)[C@@H](NCc1cc(=O)n2ccccc2n1)c1ccc(C(C)(C)C)cc1. The van der Waals surface area contributed by atoms with Crippen LogP contribution in [0.1, 0.15) is 57.5 Å². The summed E-state index contributed by atoms with van der Waals surface area (Å²) in [6, 6.07) is 16.3. The van der Waals surface area contributed by atoms with Gasteiger partial charge in [0.05, 0.1) is 5.69 Å². The Hall–Kier alpha value is -2.46. The van der Waals surface area contributed by atoms with E-state index in [9.17, 15) is 4.79 Å². The summed E-state index contributed by atoms with van der Waals surface area (Å²) in [7, 11) is 0. The summed E-state index contributed by atoms with van der Waals surface area (Å²) >= 11 is 0. The molecule has 0 amide bonds. The van der Waals surface area contributed by atoms with Gasteiger partial charge in [0.1, 0.15) is 5.65 Å². The summed E-state index contributed by atoms with van der Waals surface area (Å²) in [6.07, 6.45) is 1.75. The molecule has 4 nitrogen and oxygen atoms in total. The molecular formula is C23H29N3O. The molecule has 0 saturated carbocycles. The standard InChI is InChI=1S/C23H29N3O/c1-16(2)22(17-9-11-18(12-10-17)23(3,4)5)24-15-19-14-21(27)26-13-7-6-8-20(26)25-19/h6-14,16,22,24H,15H2,1-5H3/t22-/m1/s1. The third kappa shape index (κ3) is 4.45. The van der Waals surface area contributed by atoms with Crippen LogP contribution in [0, 0.1) is 5.92 Å². The molecule has 1 aromatic carbocycles. The molecule has 0 radical (unpaired) electrons. The Labute approximate surface area is 161 Å². The molecule has 0 spiro atoms. The van der Waals surface area contributed by atoms with Crippen molar-refractivity contribution in [2.45, 2.75) is 52.6 Å². The molecule has 0 fully saturated rings. The average molecular weight is 364 g/mol. The minimum atomic E-state index is -0.0481. The second kappa shape index (κ2) is 7.65. The molecule has 0 bridgehead atoms. The topological polar surface area (TPSA) is 46.4 Å². The number of hydrogen-bond acceptors (Lipinski definition) is 3. The maximum absolute atomic E-state index is 12.3. The molecule has 4 heteroatoms. The van der Waals surface area contributed by atoms with E-state index in [1.807, 2.05) is 18.2 Å². The highest BCUT2D eigenvalue weighted by molar-refractivity contribution is 5.38. The molecular weight excluding hydrogens is 334 g/mol. The van der Waals surface area contributed by atoms with Crippen LogP contribution in [0.2, 0.25) is 0 Å². The van der Waals surface area contributed by atoms with Crippen LogP contribution < -0.4 is 10.9 Å². The molecule has 1 atom stereocenters. The highest BCUT2D eigenvalue weighted by Gasteiger charge is 2.18. The Balaban J connectivity index is 1.80. The van der Waals surface area contributed by atoms with E-state index in [0.29, 0.717) is 18.1 Å². The van der Waals surface area contributed by atoms with Crippen molar-refractivity contribution in [3.63, 3.8) is 0 Å². The van der Waals surface area contributed by atoms with Gasteiger partial charge in [-0.1, -0.05) is 65.0 Å². The van der Waals surface area contributed by atoms with Gasteiger partial charge in [0, 0.05) is 24.8 Å². The molecule has 2 heterocycles. The highest BCUT2D eigenvalue weighted by Crippen LogP contribution is 2.27. The van der Waals surface area contributed by atoms with Crippen LogP contribution in [0.5, 0.6) is 0 Å². The third-order valence-corrected chi connectivity index (χ3v) is 4.93. The molecule has 142 valence electrons. The molecule has 2 aromatic heterocycles. The summed E-state index contributed by atoms with van der Waals surface area (Å²) in [5.41, 5.74) is 4.14. The van der Waals surface area contributed by atoms with E-state index in [4.69, 9.17) is 0 Å². The molecule has 3 rings (SSSR count). The molecule has 0 aliphatic rings. The fourth-order valence-corrected chi connectivity index (χ4v) is 3.34. The van der Waals surface area contributed by atoms with E-state index < -0.39 is 0 Å². The van der Waals surface area contributed by atoms with Crippen molar-refractivity contribution in [1.82, 2.24) is 14.7 Å². The van der Waals surface area contributed by atoms with Gasteiger partial charge in [0.15, 0.2) is 0 Å². The monoisotopic (exact) mass is 363 g/mol. The second-order valence-electron chi connectivity index (χ2n) is 8.49. The van der Waals surface area contributed by atoms with Gasteiger partial charge in [0.25, 0.3) is 5.56 Å². The van der Waals surface area contributed by atoms with Crippen molar-refractivity contribution in [2.75, 3.05) is 0 Å². The lowest BCUT2D eigenvalue weighted by Crippen LogP contribution is -2.27. The van der Waals surface area contributed by atoms with Gasteiger partial charge < -0.3 is 5.32 Å². The van der Waals surface area contributed by atoms with Gasteiger partial charge >= 0.3 is 0 Å². The van der Waals surface area contributed by atoms with E-state index in [1.54, 1.807) is 16.7 Å². The number of nitrogens with one attached hydrogen (secondary N) is 1. The first-order chi connectivity index (χ1) is 12.8. The molecule has 3 aromatic rings. The fourth-order valence-electron chi connectivity index (χ4n) is 3.34. The number of fused-ring (bicyclic) bond motifs is 1. The number of pyridine rings is 1. The van der Waals surface area contributed by atoms with Crippen LogP contribution in [0.25, 0.3) is 5.65 Å². The largest absolute Gasteiger partial charge is 0.304 e. The highest BCUT2D eigenvalue weighted by atomic mass is 16.1. The van der Waals surface area contributed by atoms with Crippen LogP contribution in [0.15, 0.2) is 59.5 Å². The lowest BCUT2D eigenvalue weighted by molar-refractivity contribution is 0.408. The quantitative estimate of drug-likeness (QED) is 0.727. The van der Waals surface area contributed by atoms with E-state index in [1.165, 1.54) is 11.1 Å².